The molecule has 1 unspecified atom stereocenters. The molecule has 1 aliphatic rings. The maximum atomic E-state index is 13.0. The minimum Gasteiger partial charge on any atom is -0.298 e. The number of carbonyl (C=O) groups is 1. The molecule has 1 aromatic heterocycles. The molecule has 2 aromatic carbocycles. The Kier molecular flexibility index (Phi) is 6.23. The SMILES string of the molecule is Cc1cc(C)c(-c2csc(NC(=O)c3ccccc3SC3CCS(=O)(=O)C3)n2)c(C)c1. The lowest BCUT2D eigenvalue weighted by Crippen LogP contribution is -2.14. The fourth-order valence-corrected chi connectivity index (χ4v) is 8.31. The van der Waals surface area contributed by atoms with Gasteiger partial charge in [0.15, 0.2) is 15.0 Å². The van der Waals surface area contributed by atoms with Gasteiger partial charge < -0.3 is 0 Å². The van der Waals surface area contributed by atoms with Crippen LogP contribution in [0.1, 0.15) is 33.5 Å². The van der Waals surface area contributed by atoms with Crippen molar-refractivity contribution in [2.45, 2.75) is 37.3 Å². The number of aryl methyl sites for hydroxylation is 3. The number of anilines is 1. The molecule has 1 saturated heterocycles. The maximum Gasteiger partial charge on any atom is 0.258 e. The van der Waals surface area contributed by atoms with Crippen LogP contribution in [0, 0.1) is 20.8 Å². The van der Waals surface area contributed by atoms with E-state index in [-0.39, 0.29) is 22.7 Å². The van der Waals surface area contributed by atoms with Crippen LogP contribution in [0.4, 0.5) is 5.13 Å². The minimum absolute atomic E-state index is 0.0158. The molecule has 2 heterocycles. The number of amides is 1. The van der Waals surface area contributed by atoms with Crippen molar-refractivity contribution in [2.75, 3.05) is 16.8 Å². The summed E-state index contributed by atoms with van der Waals surface area (Å²) in [6.07, 6.45) is 0.619. The highest BCUT2D eigenvalue weighted by atomic mass is 32.2. The lowest BCUT2D eigenvalue weighted by atomic mass is 9.98. The van der Waals surface area contributed by atoms with Gasteiger partial charge in [-0.05, 0) is 50.5 Å². The molecular formula is C23H24N2O3S3. The van der Waals surface area contributed by atoms with Gasteiger partial charge in [0, 0.05) is 21.1 Å². The van der Waals surface area contributed by atoms with E-state index in [9.17, 15) is 13.2 Å². The molecule has 3 aromatic rings. The lowest BCUT2D eigenvalue weighted by Gasteiger charge is -2.12. The molecule has 0 aliphatic carbocycles. The summed E-state index contributed by atoms with van der Waals surface area (Å²) in [6, 6.07) is 11.6. The average molecular weight is 473 g/mol. The van der Waals surface area contributed by atoms with Crippen LogP contribution in [0.15, 0.2) is 46.7 Å². The molecule has 31 heavy (non-hydrogen) atoms. The molecule has 1 aliphatic heterocycles. The van der Waals surface area contributed by atoms with E-state index in [2.05, 4.69) is 43.2 Å². The van der Waals surface area contributed by atoms with E-state index in [0.29, 0.717) is 17.1 Å². The normalized spacial score (nSPS) is 17.6. The first-order valence-electron chi connectivity index (χ1n) is 10.0. The lowest BCUT2D eigenvalue weighted by molar-refractivity contribution is 0.102. The molecule has 5 nitrogen and oxygen atoms in total. The van der Waals surface area contributed by atoms with Crippen molar-refractivity contribution in [3.05, 3.63) is 64.0 Å². The zero-order valence-corrected chi connectivity index (χ0v) is 20.1. The Morgan fingerprint density at radius 1 is 1.16 bits per heavy atom. The van der Waals surface area contributed by atoms with Gasteiger partial charge in [-0.2, -0.15) is 0 Å². The van der Waals surface area contributed by atoms with Crippen LogP contribution in [0.5, 0.6) is 0 Å². The highest BCUT2D eigenvalue weighted by Crippen LogP contribution is 2.34. The Balaban J connectivity index is 1.53. The van der Waals surface area contributed by atoms with Gasteiger partial charge in [0.25, 0.3) is 5.91 Å². The average Bonchev–Trinajstić information content (AvgIpc) is 3.27. The van der Waals surface area contributed by atoms with E-state index >= 15 is 0 Å². The first-order chi connectivity index (χ1) is 14.7. The van der Waals surface area contributed by atoms with Crippen LogP contribution < -0.4 is 5.32 Å². The first kappa shape index (κ1) is 22.0. The highest BCUT2D eigenvalue weighted by Gasteiger charge is 2.29. The summed E-state index contributed by atoms with van der Waals surface area (Å²) in [6.45, 7) is 6.22. The number of nitrogens with zero attached hydrogens (tertiary/aromatic N) is 1. The standard InChI is InChI=1S/C23H24N2O3S3/c1-14-10-15(2)21(16(3)11-14)19-12-29-23(24-19)25-22(26)18-6-4-5-7-20(18)30-17-8-9-31(27,28)13-17/h4-7,10-12,17H,8-9,13H2,1-3H3,(H,24,25,26). The molecular weight excluding hydrogens is 448 g/mol. The molecule has 0 radical (unpaired) electrons. The van der Waals surface area contributed by atoms with Gasteiger partial charge >= 0.3 is 0 Å². The minimum atomic E-state index is -2.96. The number of thiazole rings is 1. The van der Waals surface area contributed by atoms with Crippen molar-refractivity contribution in [1.29, 1.82) is 0 Å². The molecule has 1 N–H and O–H groups in total. The fourth-order valence-electron chi connectivity index (χ4n) is 3.98. The van der Waals surface area contributed by atoms with Crippen LogP contribution in [-0.4, -0.2) is 36.1 Å². The Morgan fingerprint density at radius 2 is 1.87 bits per heavy atom. The number of rotatable bonds is 5. The molecule has 162 valence electrons. The number of hydrogen-bond donors (Lipinski definition) is 1. The summed E-state index contributed by atoms with van der Waals surface area (Å²) in [4.78, 5) is 18.4. The molecule has 1 amide bonds. The van der Waals surface area contributed by atoms with Crippen LogP contribution in [0.2, 0.25) is 0 Å². The van der Waals surface area contributed by atoms with Crippen molar-refractivity contribution < 1.29 is 13.2 Å². The smallest absolute Gasteiger partial charge is 0.258 e. The second-order valence-corrected chi connectivity index (χ2v) is 12.3. The zero-order chi connectivity index (χ0) is 22.2. The van der Waals surface area contributed by atoms with Crippen molar-refractivity contribution >= 4 is 44.0 Å². The third kappa shape index (κ3) is 5.02. The number of aromatic nitrogens is 1. The van der Waals surface area contributed by atoms with E-state index in [1.165, 1.54) is 28.7 Å². The maximum absolute atomic E-state index is 13.0. The van der Waals surface area contributed by atoms with E-state index in [1.54, 1.807) is 6.07 Å². The quantitative estimate of drug-likeness (QED) is 0.548. The van der Waals surface area contributed by atoms with Gasteiger partial charge in [0.2, 0.25) is 0 Å². The summed E-state index contributed by atoms with van der Waals surface area (Å²) < 4.78 is 23.6. The molecule has 0 spiro atoms. The Morgan fingerprint density at radius 3 is 2.55 bits per heavy atom. The number of benzene rings is 2. The number of carbonyl (C=O) groups excluding carboxylic acids is 1. The van der Waals surface area contributed by atoms with Crippen molar-refractivity contribution in [2.24, 2.45) is 0 Å². The van der Waals surface area contributed by atoms with Crippen LogP contribution >= 0.6 is 23.1 Å². The largest absolute Gasteiger partial charge is 0.298 e. The molecule has 8 heteroatoms. The summed E-state index contributed by atoms with van der Waals surface area (Å²) in [5.74, 6) is 0.152. The molecule has 4 rings (SSSR count). The fraction of sp³-hybridized carbons (Fsp3) is 0.304. The van der Waals surface area contributed by atoms with Crippen molar-refractivity contribution in [3.63, 3.8) is 0 Å². The Bertz CT molecular complexity index is 1230. The van der Waals surface area contributed by atoms with E-state index in [0.717, 1.165) is 27.3 Å². The number of sulfone groups is 1. The Labute approximate surface area is 191 Å². The van der Waals surface area contributed by atoms with Gasteiger partial charge in [0.05, 0.1) is 22.8 Å². The van der Waals surface area contributed by atoms with Gasteiger partial charge in [-0.3, -0.25) is 10.1 Å². The molecule has 1 fully saturated rings. The first-order valence-corrected chi connectivity index (χ1v) is 13.6. The van der Waals surface area contributed by atoms with Gasteiger partial charge in [0.1, 0.15) is 0 Å². The van der Waals surface area contributed by atoms with Crippen LogP contribution in [0.25, 0.3) is 11.3 Å². The van der Waals surface area contributed by atoms with Crippen LogP contribution in [0.3, 0.4) is 0 Å². The van der Waals surface area contributed by atoms with E-state index in [1.807, 2.05) is 23.6 Å². The molecule has 0 bridgehead atoms. The zero-order valence-electron chi connectivity index (χ0n) is 17.6. The van der Waals surface area contributed by atoms with Gasteiger partial charge in [-0.1, -0.05) is 29.8 Å². The van der Waals surface area contributed by atoms with E-state index in [4.69, 9.17) is 0 Å². The summed E-state index contributed by atoms with van der Waals surface area (Å²) >= 11 is 2.87. The van der Waals surface area contributed by atoms with Gasteiger partial charge in [-0.15, -0.1) is 23.1 Å². The second kappa shape index (κ2) is 8.76. The molecule has 1 atom stereocenters. The summed E-state index contributed by atoms with van der Waals surface area (Å²) in [5, 5.41) is 5.41. The highest BCUT2D eigenvalue weighted by molar-refractivity contribution is 8.02. The number of nitrogens with one attached hydrogen (secondary N) is 1. The Hall–Kier alpha value is -2.16. The molecule has 0 saturated carbocycles. The summed E-state index contributed by atoms with van der Waals surface area (Å²) in [7, 11) is -2.96. The predicted octanol–water partition coefficient (Wildman–Crippen LogP) is 5.27. The van der Waals surface area contributed by atoms with Crippen LogP contribution in [-0.2, 0) is 9.84 Å². The third-order valence-corrected chi connectivity index (χ3v) is 9.36. The topological polar surface area (TPSA) is 76.1 Å². The summed E-state index contributed by atoms with van der Waals surface area (Å²) in [5.41, 5.74) is 6.03. The van der Waals surface area contributed by atoms with Crippen molar-refractivity contribution in [1.82, 2.24) is 4.98 Å². The van der Waals surface area contributed by atoms with E-state index < -0.39 is 9.84 Å². The second-order valence-electron chi connectivity index (χ2n) is 7.90. The number of hydrogen-bond acceptors (Lipinski definition) is 6. The third-order valence-electron chi connectivity index (χ3n) is 5.27. The monoisotopic (exact) mass is 472 g/mol. The number of thioether (sulfide) groups is 1. The van der Waals surface area contributed by atoms with Crippen molar-refractivity contribution in [3.8, 4) is 11.3 Å². The van der Waals surface area contributed by atoms with Gasteiger partial charge in [-0.25, -0.2) is 13.4 Å². The predicted molar refractivity (Wildman–Crippen MR) is 129 cm³/mol.